The molecule has 10 heteroatoms. The number of halogens is 1. The molecule has 170 valence electrons. The fourth-order valence-electron chi connectivity index (χ4n) is 3.80. The van der Waals surface area contributed by atoms with Gasteiger partial charge in [-0.3, -0.25) is 4.79 Å². The predicted molar refractivity (Wildman–Crippen MR) is 117 cm³/mol. The molecule has 3 rings (SSSR count). The van der Waals surface area contributed by atoms with E-state index >= 15 is 0 Å². The second-order valence-electron chi connectivity index (χ2n) is 7.77. The van der Waals surface area contributed by atoms with Gasteiger partial charge in [0.25, 0.3) is 0 Å². The summed E-state index contributed by atoms with van der Waals surface area (Å²) in [6, 6.07) is 7.17. The lowest BCUT2D eigenvalue weighted by atomic mass is 9.98. The van der Waals surface area contributed by atoms with Crippen molar-refractivity contribution in [3.05, 3.63) is 40.7 Å². The molecule has 1 aliphatic rings. The molecule has 0 saturated carbocycles. The van der Waals surface area contributed by atoms with Crippen LogP contribution in [-0.4, -0.2) is 62.0 Å². The van der Waals surface area contributed by atoms with Crippen LogP contribution in [0.25, 0.3) is 0 Å². The molecule has 1 atom stereocenters. The normalized spacial score (nSPS) is 17.5. The molecule has 0 N–H and O–H groups in total. The Hall–Kier alpha value is -2.10. The van der Waals surface area contributed by atoms with Crippen LogP contribution in [0.1, 0.15) is 30.7 Å². The summed E-state index contributed by atoms with van der Waals surface area (Å²) < 4.78 is 38.2. The van der Waals surface area contributed by atoms with E-state index in [2.05, 4.69) is 5.16 Å². The van der Waals surface area contributed by atoms with Crippen LogP contribution in [-0.2, 0) is 14.8 Å². The van der Waals surface area contributed by atoms with Crippen molar-refractivity contribution in [3.63, 3.8) is 0 Å². The first-order chi connectivity index (χ1) is 14.7. The molecule has 2 aromatic rings. The smallest absolute Gasteiger partial charge is 0.248 e. The Morgan fingerprint density at radius 2 is 2.16 bits per heavy atom. The lowest BCUT2D eigenvalue weighted by molar-refractivity contribution is -0.135. The molecule has 8 nitrogen and oxygen atoms in total. The van der Waals surface area contributed by atoms with Gasteiger partial charge in [-0.2, -0.15) is 4.31 Å². The number of hydrogen-bond donors (Lipinski definition) is 0. The number of carbonyl (C=O) groups is 1. The number of aryl methyl sites for hydroxylation is 2. The molecule has 0 spiro atoms. The van der Waals surface area contributed by atoms with Gasteiger partial charge in [0.1, 0.15) is 16.3 Å². The summed E-state index contributed by atoms with van der Waals surface area (Å²) >= 11 is 5.94. The van der Waals surface area contributed by atoms with Gasteiger partial charge in [0.2, 0.25) is 15.9 Å². The SMILES string of the molecule is Cc1noc(C)c1S(=O)(=O)N1CCCC(C(=O)N(C)CCCOc2cccc(Cl)c2)C1. The van der Waals surface area contributed by atoms with Crippen molar-refractivity contribution < 1.29 is 22.5 Å². The van der Waals surface area contributed by atoms with Gasteiger partial charge in [0.05, 0.1) is 12.5 Å². The molecular weight excluding hydrogens is 442 g/mol. The van der Waals surface area contributed by atoms with Crippen LogP contribution in [0.5, 0.6) is 5.75 Å². The molecule has 0 bridgehead atoms. The monoisotopic (exact) mass is 469 g/mol. The average molecular weight is 470 g/mol. The van der Waals surface area contributed by atoms with Gasteiger partial charge in [-0.25, -0.2) is 8.42 Å². The van der Waals surface area contributed by atoms with Gasteiger partial charge in [-0.1, -0.05) is 22.8 Å². The Kier molecular flexibility index (Phi) is 7.61. The Morgan fingerprint density at radius 3 is 2.84 bits per heavy atom. The molecule has 1 aromatic carbocycles. The number of benzene rings is 1. The fourth-order valence-corrected chi connectivity index (χ4v) is 5.80. The molecule has 1 saturated heterocycles. The summed E-state index contributed by atoms with van der Waals surface area (Å²) in [5.41, 5.74) is 0.336. The highest BCUT2D eigenvalue weighted by Crippen LogP contribution is 2.28. The topological polar surface area (TPSA) is 93.0 Å². The van der Waals surface area contributed by atoms with Crippen molar-refractivity contribution in [3.8, 4) is 5.75 Å². The maximum atomic E-state index is 13.1. The molecule has 2 heterocycles. The highest BCUT2D eigenvalue weighted by molar-refractivity contribution is 7.89. The van der Waals surface area contributed by atoms with Crippen LogP contribution in [0.15, 0.2) is 33.7 Å². The van der Waals surface area contributed by atoms with Crippen LogP contribution >= 0.6 is 11.6 Å². The summed E-state index contributed by atoms with van der Waals surface area (Å²) in [5, 5.41) is 4.36. The van der Waals surface area contributed by atoms with Crippen LogP contribution in [0.2, 0.25) is 5.02 Å². The Morgan fingerprint density at radius 1 is 1.39 bits per heavy atom. The predicted octanol–water partition coefficient (Wildman–Crippen LogP) is 3.27. The first-order valence-corrected chi connectivity index (χ1v) is 12.1. The minimum absolute atomic E-state index is 0.0542. The third-order valence-electron chi connectivity index (χ3n) is 5.38. The third kappa shape index (κ3) is 5.58. The maximum Gasteiger partial charge on any atom is 0.248 e. The Labute approximate surface area is 188 Å². The third-order valence-corrected chi connectivity index (χ3v) is 7.72. The maximum absolute atomic E-state index is 13.1. The zero-order chi connectivity index (χ0) is 22.6. The van der Waals surface area contributed by atoms with Crippen molar-refractivity contribution in [1.29, 1.82) is 0 Å². The van der Waals surface area contributed by atoms with E-state index in [0.29, 0.717) is 55.4 Å². The van der Waals surface area contributed by atoms with E-state index in [1.807, 2.05) is 12.1 Å². The number of sulfonamides is 1. The molecular formula is C21H28ClN3O5S. The second-order valence-corrected chi connectivity index (χ2v) is 10.1. The zero-order valence-electron chi connectivity index (χ0n) is 18.0. The van der Waals surface area contributed by atoms with Crippen LogP contribution < -0.4 is 4.74 Å². The van der Waals surface area contributed by atoms with Crippen molar-refractivity contribution in [2.24, 2.45) is 5.92 Å². The minimum atomic E-state index is -3.75. The second kappa shape index (κ2) is 10.0. The first-order valence-electron chi connectivity index (χ1n) is 10.3. The van der Waals surface area contributed by atoms with E-state index in [0.717, 1.165) is 0 Å². The molecule has 1 aromatic heterocycles. The number of hydrogen-bond acceptors (Lipinski definition) is 6. The van der Waals surface area contributed by atoms with Gasteiger partial charge in [-0.05, 0) is 51.3 Å². The van der Waals surface area contributed by atoms with Crippen molar-refractivity contribution in [2.45, 2.75) is 38.0 Å². The largest absolute Gasteiger partial charge is 0.493 e. The standard InChI is InChI=1S/C21H28ClN3O5S/c1-15-20(16(2)30-23-15)31(27,28)25-11-5-7-17(14-25)21(26)24(3)10-6-12-29-19-9-4-8-18(22)13-19/h4,8-9,13,17H,5-7,10-12,14H2,1-3H3. The highest BCUT2D eigenvalue weighted by Gasteiger charge is 2.37. The Balaban J connectivity index is 1.54. The number of amides is 1. The van der Waals surface area contributed by atoms with Gasteiger partial charge in [0.15, 0.2) is 5.76 Å². The van der Waals surface area contributed by atoms with Gasteiger partial charge >= 0.3 is 0 Å². The molecule has 1 fully saturated rings. The Bertz CT molecular complexity index is 1000. The molecule has 31 heavy (non-hydrogen) atoms. The number of piperidine rings is 1. The van der Waals surface area contributed by atoms with E-state index in [9.17, 15) is 13.2 Å². The number of rotatable bonds is 8. The van der Waals surface area contributed by atoms with Crippen molar-refractivity contribution in [2.75, 3.05) is 33.3 Å². The average Bonchev–Trinajstić information content (AvgIpc) is 3.09. The zero-order valence-corrected chi connectivity index (χ0v) is 19.6. The molecule has 1 amide bonds. The van der Waals surface area contributed by atoms with Crippen LogP contribution in [0, 0.1) is 19.8 Å². The summed E-state index contributed by atoms with van der Waals surface area (Å²) in [7, 11) is -2.01. The lowest BCUT2D eigenvalue weighted by Gasteiger charge is -2.33. The summed E-state index contributed by atoms with van der Waals surface area (Å²) in [4.78, 5) is 14.7. The van der Waals surface area contributed by atoms with E-state index in [4.69, 9.17) is 20.9 Å². The van der Waals surface area contributed by atoms with E-state index in [1.54, 1.807) is 37.9 Å². The summed E-state index contributed by atoms with van der Waals surface area (Å²) in [5.74, 6) is 0.529. The molecule has 1 aliphatic heterocycles. The number of ether oxygens (including phenoxy) is 1. The van der Waals surface area contributed by atoms with E-state index in [1.165, 1.54) is 4.31 Å². The van der Waals surface area contributed by atoms with E-state index < -0.39 is 10.0 Å². The lowest BCUT2D eigenvalue weighted by Crippen LogP contribution is -2.46. The fraction of sp³-hybridized carbons (Fsp3) is 0.524. The molecule has 0 aliphatic carbocycles. The molecule has 1 unspecified atom stereocenters. The summed E-state index contributed by atoms with van der Waals surface area (Å²) in [6.07, 6.45) is 1.95. The number of nitrogens with zero attached hydrogens (tertiary/aromatic N) is 3. The van der Waals surface area contributed by atoms with Crippen LogP contribution in [0.3, 0.4) is 0 Å². The van der Waals surface area contributed by atoms with Crippen LogP contribution in [0.4, 0.5) is 0 Å². The summed E-state index contributed by atoms with van der Waals surface area (Å²) in [6.45, 7) is 4.71. The minimum Gasteiger partial charge on any atom is -0.493 e. The highest BCUT2D eigenvalue weighted by atomic mass is 35.5. The quantitative estimate of drug-likeness (QED) is 0.551. The first kappa shape index (κ1) is 23.6. The van der Waals surface area contributed by atoms with E-state index in [-0.39, 0.29) is 29.0 Å². The number of carbonyl (C=O) groups excluding carboxylic acids is 1. The number of aromatic nitrogens is 1. The van der Waals surface area contributed by atoms with Crippen molar-refractivity contribution >= 4 is 27.5 Å². The molecule has 0 radical (unpaired) electrons. The van der Waals surface area contributed by atoms with Crippen molar-refractivity contribution in [1.82, 2.24) is 14.4 Å². The van der Waals surface area contributed by atoms with Gasteiger partial charge in [-0.15, -0.1) is 0 Å². The van der Waals surface area contributed by atoms with Gasteiger partial charge in [0, 0.05) is 31.7 Å². The van der Waals surface area contributed by atoms with Gasteiger partial charge < -0.3 is 14.2 Å².